The van der Waals surface area contributed by atoms with Gasteiger partial charge >= 0.3 is 0 Å². The van der Waals surface area contributed by atoms with Gasteiger partial charge in [-0.2, -0.15) is 0 Å². The van der Waals surface area contributed by atoms with E-state index in [0.717, 1.165) is 12.2 Å². The van der Waals surface area contributed by atoms with Crippen molar-refractivity contribution in [2.75, 3.05) is 18.5 Å². The smallest absolute Gasteiger partial charge is 0.145 e. The fourth-order valence-electron chi connectivity index (χ4n) is 1.42. The summed E-state index contributed by atoms with van der Waals surface area (Å²) in [5, 5.41) is 3.25. The minimum atomic E-state index is -0.259. The van der Waals surface area contributed by atoms with E-state index in [1.165, 1.54) is 12.1 Å². The molecule has 0 saturated carbocycles. The molecule has 76 valence electrons. The van der Waals surface area contributed by atoms with Crippen LogP contribution in [0, 0.1) is 11.2 Å². The molecule has 0 unspecified atom stereocenters. The largest absolute Gasteiger partial charge is 0.491 e. The highest BCUT2D eigenvalue weighted by atomic mass is 19.1. The van der Waals surface area contributed by atoms with Crippen molar-refractivity contribution in [3.05, 3.63) is 24.0 Å². The minimum Gasteiger partial charge on any atom is -0.491 e. The molecule has 0 radical (unpaired) electrons. The number of fused-ring (bicyclic) bond motifs is 1. The molecule has 2 nitrogen and oxygen atoms in total. The number of halogens is 1. The number of hydrogen-bond donors (Lipinski definition) is 1. The Morgan fingerprint density at radius 1 is 1.43 bits per heavy atom. The molecule has 1 N–H and O–H groups in total. The fraction of sp³-hybridized carbons (Fsp3) is 0.455. The Bertz CT molecular complexity index is 349. The van der Waals surface area contributed by atoms with E-state index in [0.29, 0.717) is 12.4 Å². The Hall–Kier alpha value is -1.25. The SMILES string of the molecule is CC1(C)CNc2ccc(F)cc2OC1. The van der Waals surface area contributed by atoms with Crippen LogP contribution in [-0.4, -0.2) is 13.2 Å². The van der Waals surface area contributed by atoms with Gasteiger partial charge in [0.2, 0.25) is 0 Å². The minimum absolute atomic E-state index is 0.0789. The standard InChI is InChI=1S/C11H14FNO/c1-11(2)6-13-9-4-3-8(12)5-10(9)14-7-11/h3-5,13H,6-7H2,1-2H3. The van der Waals surface area contributed by atoms with Gasteiger partial charge in [-0.15, -0.1) is 0 Å². The first-order chi connectivity index (χ1) is 6.57. The van der Waals surface area contributed by atoms with Crippen LogP contribution >= 0.6 is 0 Å². The van der Waals surface area contributed by atoms with E-state index >= 15 is 0 Å². The third-order valence-corrected chi connectivity index (χ3v) is 2.32. The maximum atomic E-state index is 12.9. The van der Waals surface area contributed by atoms with Crippen molar-refractivity contribution >= 4 is 5.69 Å². The molecule has 1 aromatic carbocycles. The van der Waals surface area contributed by atoms with Gasteiger partial charge in [-0.25, -0.2) is 4.39 Å². The van der Waals surface area contributed by atoms with Crippen LogP contribution in [0.2, 0.25) is 0 Å². The van der Waals surface area contributed by atoms with Crippen LogP contribution in [0.4, 0.5) is 10.1 Å². The molecule has 0 fully saturated rings. The summed E-state index contributed by atoms with van der Waals surface area (Å²) in [6.45, 7) is 5.67. The Balaban J connectivity index is 2.30. The topological polar surface area (TPSA) is 21.3 Å². The van der Waals surface area contributed by atoms with Crippen molar-refractivity contribution in [3.63, 3.8) is 0 Å². The van der Waals surface area contributed by atoms with E-state index in [1.807, 2.05) is 0 Å². The zero-order valence-electron chi connectivity index (χ0n) is 8.43. The summed E-state index contributed by atoms with van der Waals surface area (Å²) in [5.74, 6) is 0.348. The van der Waals surface area contributed by atoms with Crippen molar-refractivity contribution < 1.29 is 9.13 Å². The summed E-state index contributed by atoms with van der Waals surface area (Å²) in [6, 6.07) is 4.57. The molecule has 0 aliphatic carbocycles. The molecule has 1 aliphatic heterocycles. The second-order valence-corrected chi connectivity index (χ2v) is 4.45. The maximum Gasteiger partial charge on any atom is 0.145 e. The molecule has 2 rings (SSSR count). The molecule has 3 heteroatoms. The summed E-state index contributed by atoms with van der Waals surface area (Å²) in [6.07, 6.45) is 0. The number of hydrogen-bond acceptors (Lipinski definition) is 2. The lowest BCUT2D eigenvalue weighted by atomic mass is 9.95. The van der Waals surface area contributed by atoms with Gasteiger partial charge in [0, 0.05) is 18.0 Å². The Kier molecular flexibility index (Phi) is 2.10. The molecular formula is C11H14FNO. The van der Waals surface area contributed by atoms with Gasteiger partial charge in [-0.05, 0) is 12.1 Å². The zero-order chi connectivity index (χ0) is 10.2. The van der Waals surface area contributed by atoms with E-state index in [9.17, 15) is 4.39 Å². The molecular weight excluding hydrogens is 181 g/mol. The lowest BCUT2D eigenvalue weighted by Crippen LogP contribution is -2.27. The number of ether oxygens (including phenoxy) is 1. The summed E-state index contributed by atoms with van der Waals surface area (Å²) < 4.78 is 18.5. The Morgan fingerprint density at radius 3 is 3.00 bits per heavy atom. The van der Waals surface area contributed by atoms with Gasteiger partial charge in [0.05, 0.1) is 12.3 Å². The van der Waals surface area contributed by atoms with E-state index in [1.54, 1.807) is 6.07 Å². The van der Waals surface area contributed by atoms with Gasteiger partial charge < -0.3 is 10.1 Å². The zero-order valence-corrected chi connectivity index (χ0v) is 8.43. The molecule has 0 aromatic heterocycles. The lowest BCUT2D eigenvalue weighted by Gasteiger charge is -2.20. The van der Waals surface area contributed by atoms with E-state index in [2.05, 4.69) is 19.2 Å². The molecule has 1 aliphatic rings. The van der Waals surface area contributed by atoms with Gasteiger partial charge in [-0.3, -0.25) is 0 Å². The molecule has 0 saturated heterocycles. The van der Waals surface area contributed by atoms with E-state index in [4.69, 9.17) is 4.74 Å². The van der Waals surface area contributed by atoms with Crippen LogP contribution in [0.15, 0.2) is 18.2 Å². The summed E-state index contributed by atoms with van der Waals surface area (Å²) in [5.41, 5.74) is 0.951. The highest BCUT2D eigenvalue weighted by Crippen LogP contribution is 2.31. The van der Waals surface area contributed by atoms with Gasteiger partial charge in [-0.1, -0.05) is 13.8 Å². The van der Waals surface area contributed by atoms with Gasteiger partial charge in [0.1, 0.15) is 11.6 Å². The van der Waals surface area contributed by atoms with Crippen molar-refractivity contribution in [1.29, 1.82) is 0 Å². The fourth-order valence-corrected chi connectivity index (χ4v) is 1.42. The lowest BCUT2D eigenvalue weighted by molar-refractivity contribution is 0.199. The molecule has 0 amide bonds. The first-order valence-electron chi connectivity index (χ1n) is 4.73. The monoisotopic (exact) mass is 195 g/mol. The average Bonchev–Trinajstić information content (AvgIpc) is 2.26. The first-order valence-corrected chi connectivity index (χ1v) is 4.73. The van der Waals surface area contributed by atoms with Crippen LogP contribution < -0.4 is 10.1 Å². The molecule has 1 heterocycles. The van der Waals surface area contributed by atoms with Crippen molar-refractivity contribution in [2.24, 2.45) is 5.41 Å². The average molecular weight is 195 g/mol. The maximum absolute atomic E-state index is 12.9. The second kappa shape index (κ2) is 3.15. The van der Waals surface area contributed by atoms with Crippen molar-refractivity contribution in [2.45, 2.75) is 13.8 Å². The summed E-state index contributed by atoms with van der Waals surface area (Å²) in [7, 11) is 0. The van der Waals surface area contributed by atoms with Gasteiger partial charge in [0.25, 0.3) is 0 Å². The highest BCUT2D eigenvalue weighted by molar-refractivity contribution is 5.57. The van der Waals surface area contributed by atoms with Crippen LogP contribution in [-0.2, 0) is 0 Å². The quantitative estimate of drug-likeness (QED) is 0.687. The van der Waals surface area contributed by atoms with Gasteiger partial charge in [0.15, 0.2) is 0 Å². The molecule has 0 bridgehead atoms. The number of benzene rings is 1. The normalized spacial score (nSPS) is 18.8. The van der Waals surface area contributed by atoms with E-state index < -0.39 is 0 Å². The first kappa shape index (κ1) is 9.31. The third-order valence-electron chi connectivity index (χ3n) is 2.32. The van der Waals surface area contributed by atoms with Crippen LogP contribution in [0.1, 0.15) is 13.8 Å². The number of rotatable bonds is 0. The Labute approximate surface area is 83.1 Å². The third kappa shape index (κ3) is 1.81. The Morgan fingerprint density at radius 2 is 2.21 bits per heavy atom. The molecule has 1 aromatic rings. The van der Waals surface area contributed by atoms with Crippen LogP contribution in [0.3, 0.4) is 0 Å². The predicted molar refractivity (Wildman–Crippen MR) is 54.2 cm³/mol. The van der Waals surface area contributed by atoms with Crippen molar-refractivity contribution in [3.8, 4) is 5.75 Å². The van der Waals surface area contributed by atoms with Crippen LogP contribution in [0.5, 0.6) is 5.75 Å². The number of anilines is 1. The predicted octanol–water partition coefficient (Wildman–Crippen LogP) is 2.66. The summed E-state index contributed by atoms with van der Waals surface area (Å²) >= 11 is 0. The molecule has 0 spiro atoms. The van der Waals surface area contributed by atoms with Crippen LogP contribution in [0.25, 0.3) is 0 Å². The van der Waals surface area contributed by atoms with E-state index in [-0.39, 0.29) is 11.2 Å². The number of nitrogens with one attached hydrogen (secondary N) is 1. The highest BCUT2D eigenvalue weighted by Gasteiger charge is 2.23. The molecule has 0 atom stereocenters. The van der Waals surface area contributed by atoms with Crippen molar-refractivity contribution in [1.82, 2.24) is 0 Å². The molecule has 14 heavy (non-hydrogen) atoms. The summed E-state index contributed by atoms with van der Waals surface area (Å²) in [4.78, 5) is 0. The second-order valence-electron chi connectivity index (χ2n) is 4.45.